The third-order valence-corrected chi connectivity index (χ3v) is 1.54. The molecule has 0 fully saturated rings. The SMILES string of the molecule is CCO.COc1ccccc1/C=C/C(=O)O. The van der Waals surface area contributed by atoms with E-state index in [0.717, 1.165) is 11.6 Å². The zero-order chi connectivity index (χ0) is 12.4. The summed E-state index contributed by atoms with van der Waals surface area (Å²) >= 11 is 0. The van der Waals surface area contributed by atoms with Crippen molar-refractivity contribution >= 4 is 12.0 Å². The van der Waals surface area contributed by atoms with Crippen LogP contribution in [0.5, 0.6) is 5.75 Å². The lowest BCUT2D eigenvalue weighted by Gasteiger charge is -2.02. The highest BCUT2D eigenvalue weighted by Gasteiger charge is 1.96. The molecule has 1 aromatic rings. The van der Waals surface area contributed by atoms with Crippen molar-refractivity contribution in [1.29, 1.82) is 0 Å². The van der Waals surface area contributed by atoms with E-state index in [1.54, 1.807) is 26.2 Å². The fourth-order valence-corrected chi connectivity index (χ4v) is 0.965. The predicted octanol–water partition coefficient (Wildman–Crippen LogP) is 1.79. The number of rotatable bonds is 3. The largest absolute Gasteiger partial charge is 0.496 e. The molecule has 0 heterocycles. The molecule has 0 bridgehead atoms. The molecule has 1 rings (SSSR count). The summed E-state index contributed by atoms with van der Waals surface area (Å²) in [5.74, 6) is -0.300. The highest BCUT2D eigenvalue weighted by atomic mass is 16.5. The van der Waals surface area contributed by atoms with Crippen LogP contribution in [0.1, 0.15) is 12.5 Å². The van der Waals surface area contributed by atoms with Gasteiger partial charge in [-0.3, -0.25) is 0 Å². The maximum atomic E-state index is 10.2. The van der Waals surface area contributed by atoms with E-state index in [0.29, 0.717) is 5.75 Å². The molecule has 0 spiro atoms. The molecule has 0 radical (unpaired) electrons. The minimum absolute atomic E-state index is 0.250. The molecule has 88 valence electrons. The molecule has 0 unspecified atom stereocenters. The fraction of sp³-hybridized carbons (Fsp3) is 0.250. The molecule has 0 amide bonds. The van der Waals surface area contributed by atoms with E-state index in [-0.39, 0.29) is 6.61 Å². The van der Waals surface area contributed by atoms with Crippen LogP contribution in [-0.4, -0.2) is 29.9 Å². The van der Waals surface area contributed by atoms with Crippen LogP contribution in [0.2, 0.25) is 0 Å². The summed E-state index contributed by atoms with van der Waals surface area (Å²) in [7, 11) is 1.55. The van der Waals surface area contributed by atoms with Crippen molar-refractivity contribution in [3.05, 3.63) is 35.9 Å². The molecule has 1 aromatic carbocycles. The third kappa shape index (κ3) is 5.82. The van der Waals surface area contributed by atoms with Gasteiger partial charge >= 0.3 is 5.97 Å². The standard InChI is InChI=1S/C10H10O3.C2H6O/c1-13-9-5-3-2-4-8(9)6-7-10(11)12;1-2-3/h2-7H,1H3,(H,11,12);3H,2H2,1H3/b7-6+;. The van der Waals surface area contributed by atoms with Crippen LogP contribution < -0.4 is 4.74 Å². The van der Waals surface area contributed by atoms with Crippen LogP contribution in [0.3, 0.4) is 0 Å². The summed E-state index contributed by atoms with van der Waals surface area (Å²) in [6.45, 7) is 1.93. The van der Waals surface area contributed by atoms with Gasteiger partial charge in [-0.15, -0.1) is 0 Å². The van der Waals surface area contributed by atoms with Gasteiger partial charge in [0.25, 0.3) is 0 Å². The lowest BCUT2D eigenvalue weighted by molar-refractivity contribution is -0.131. The Kier molecular flexibility index (Phi) is 7.53. The lowest BCUT2D eigenvalue weighted by atomic mass is 10.2. The minimum Gasteiger partial charge on any atom is -0.496 e. The van der Waals surface area contributed by atoms with Gasteiger partial charge in [0.1, 0.15) is 5.75 Å². The smallest absolute Gasteiger partial charge is 0.328 e. The van der Waals surface area contributed by atoms with E-state index >= 15 is 0 Å². The number of methoxy groups -OCH3 is 1. The molecule has 0 aliphatic carbocycles. The first-order valence-electron chi connectivity index (χ1n) is 4.80. The van der Waals surface area contributed by atoms with Crippen molar-refractivity contribution in [2.24, 2.45) is 0 Å². The number of carboxylic acids is 1. The van der Waals surface area contributed by atoms with Crippen LogP contribution in [-0.2, 0) is 4.79 Å². The Morgan fingerprint density at radius 2 is 2.00 bits per heavy atom. The zero-order valence-electron chi connectivity index (χ0n) is 9.38. The average molecular weight is 224 g/mol. The van der Waals surface area contributed by atoms with E-state index in [1.165, 1.54) is 6.08 Å². The molecule has 16 heavy (non-hydrogen) atoms. The lowest BCUT2D eigenvalue weighted by Crippen LogP contribution is -1.88. The molecular weight excluding hydrogens is 208 g/mol. The number of carbonyl (C=O) groups is 1. The van der Waals surface area contributed by atoms with Gasteiger partial charge in [0.05, 0.1) is 7.11 Å². The number of para-hydroxylation sites is 1. The number of aliphatic hydroxyl groups excluding tert-OH is 1. The van der Waals surface area contributed by atoms with Crippen molar-refractivity contribution in [3.8, 4) is 5.75 Å². The summed E-state index contributed by atoms with van der Waals surface area (Å²) in [5.41, 5.74) is 0.757. The fourth-order valence-electron chi connectivity index (χ4n) is 0.965. The van der Waals surface area contributed by atoms with Gasteiger partial charge in [0.15, 0.2) is 0 Å². The van der Waals surface area contributed by atoms with Crippen LogP contribution in [0.4, 0.5) is 0 Å². The molecule has 0 aromatic heterocycles. The molecule has 4 heteroatoms. The van der Waals surface area contributed by atoms with E-state index < -0.39 is 5.97 Å². The molecule has 4 nitrogen and oxygen atoms in total. The van der Waals surface area contributed by atoms with Crippen LogP contribution >= 0.6 is 0 Å². The zero-order valence-corrected chi connectivity index (χ0v) is 9.38. The number of carboxylic acid groups (broad SMARTS) is 1. The number of aliphatic carboxylic acids is 1. The van der Waals surface area contributed by atoms with Crippen molar-refractivity contribution < 1.29 is 19.7 Å². The molecule has 0 saturated heterocycles. The van der Waals surface area contributed by atoms with Gasteiger partial charge in [0, 0.05) is 18.2 Å². The van der Waals surface area contributed by atoms with Crippen molar-refractivity contribution in [2.45, 2.75) is 6.92 Å². The summed E-state index contributed by atoms with van der Waals surface area (Å²) in [6, 6.07) is 7.22. The number of hydrogen-bond donors (Lipinski definition) is 2. The first-order chi connectivity index (χ1) is 7.65. The molecule has 0 aliphatic heterocycles. The van der Waals surface area contributed by atoms with Gasteiger partial charge in [-0.25, -0.2) is 4.79 Å². The highest BCUT2D eigenvalue weighted by Crippen LogP contribution is 2.18. The van der Waals surface area contributed by atoms with Gasteiger partial charge < -0.3 is 14.9 Å². The van der Waals surface area contributed by atoms with Crippen LogP contribution in [0.15, 0.2) is 30.3 Å². The third-order valence-electron chi connectivity index (χ3n) is 1.54. The van der Waals surface area contributed by atoms with Gasteiger partial charge in [-0.05, 0) is 19.1 Å². The predicted molar refractivity (Wildman–Crippen MR) is 62.4 cm³/mol. The first-order valence-corrected chi connectivity index (χ1v) is 4.80. The summed E-state index contributed by atoms with van der Waals surface area (Å²) in [4.78, 5) is 10.2. The molecule has 0 atom stereocenters. The minimum atomic E-state index is -0.967. The molecule has 2 N–H and O–H groups in total. The second-order valence-corrected chi connectivity index (χ2v) is 2.73. The van der Waals surface area contributed by atoms with E-state index in [2.05, 4.69) is 0 Å². The number of benzene rings is 1. The topological polar surface area (TPSA) is 66.8 Å². The van der Waals surface area contributed by atoms with Gasteiger partial charge in [-0.2, -0.15) is 0 Å². The Morgan fingerprint density at radius 1 is 1.44 bits per heavy atom. The number of ether oxygens (including phenoxy) is 1. The maximum absolute atomic E-state index is 10.2. The maximum Gasteiger partial charge on any atom is 0.328 e. The summed E-state index contributed by atoms with van der Waals surface area (Å²) < 4.78 is 5.03. The average Bonchev–Trinajstić information content (AvgIpc) is 2.27. The molecular formula is C12H16O4. The Balaban J connectivity index is 0.000000673. The first kappa shape index (κ1) is 14.2. The van der Waals surface area contributed by atoms with E-state index in [9.17, 15) is 4.79 Å². The number of aliphatic hydroxyl groups is 1. The van der Waals surface area contributed by atoms with Gasteiger partial charge in [0.2, 0.25) is 0 Å². The van der Waals surface area contributed by atoms with Crippen LogP contribution in [0.25, 0.3) is 6.08 Å². The van der Waals surface area contributed by atoms with Crippen molar-refractivity contribution in [1.82, 2.24) is 0 Å². The molecule has 0 aliphatic rings. The Labute approximate surface area is 94.8 Å². The monoisotopic (exact) mass is 224 g/mol. The Bertz CT molecular complexity index is 345. The molecule has 0 saturated carbocycles. The summed E-state index contributed by atoms with van der Waals surface area (Å²) in [6.07, 6.45) is 2.58. The quantitative estimate of drug-likeness (QED) is 0.768. The Hall–Kier alpha value is -1.81. The normalized spacial score (nSPS) is 9.44. The number of hydrogen-bond acceptors (Lipinski definition) is 3. The van der Waals surface area contributed by atoms with E-state index in [4.69, 9.17) is 14.9 Å². The second-order valence-electron chi connectivity index (χ2n) is 2.73. The van der Waals surface area contributed by atoms with E-state index in [1.807, 2.05) is 12.1 Å². The van der Waals surface area contributed by atoms with Crippen molar-refractivity contribution in [2.75, 3.05) is 13.7 Å². The van der Waals surface area contributed by atoms with Crippen LogP contribution in [0, 0.1) is 0 Å². The van der Waals surface area contributed by atoms with Gasteiger partial charge in [-0.1, -0.05) is 18.2 Å². The Morgan fingerprint density at radius 3 is 2.50 bits per heavy atom. The second kappa shape index (κ2) is 8.49. The highest BCUT2D eigenvalue weighted by molar-refractivity contribution is 5.85. The summed E-state index contributed by atoms with van der Waals surface area (Å²) in [5, 5.41) is 16.0. The van der Waals surface area contributed by atoms with Crippen molar-refractivity contribution in [3.63, 3.8) is 0 Å².